The third-order valence-corrected chi connectivity index (χ3v) is 4.58. The zero-order chi connectivity index (χ0) is 15.1. The molecule has 0 spiro atoms. The highest BCUT2D eigenvalue weighted by Gasteiger charge is 2.15. The largest absolute Gasteiger partial charge is 0.236 e. The molecule has 0 unspecified atom stereocenters. The summed E-state index contributed by atoms with van der Waals surface area (Å²) in [6, 6.07) is 11.9. The molecule has 0 atom stereocenters. The van der Waals surface area contributed by atoms with E-state index in [1.165, 1.54) is 0 Å². The molecule has 0 radical (unpaired) electrons. The average Bonchev–Trinajstić information content (AvgIpc) is 3.15. The van der Waals surface area contributed by atoms with E-state index in [4.69, 9.17) is 16.7 Å². The van der Waals surface area contributed by atoms with Crippen LogP contribution in [0.3, 0.4) is 0 Å². The van der Waals surface area contributed by atoms with Gasteiger partial charge in [-0.3, -0.25) is 0 Å². The van der Waals surface area contributed by atoms with Crippen LogP contribution in [0.15, 0.2) is 53.4 Å². The molecular formula is C17H12ClN3S. The monoisotopic (exact) mass is 325 g/mol. The molecule has 1 aromatic carbocycles. The second-order valence-corrected chi connectivity index (χ2v) is 6.26. The van der Waals surface area contributed by atoms with Gasteiger partial charge in [-0.05, 0) is 42.1 Å². The average molecular weight is 326 g/mol. The number of benzene rings is 1. The molecule has 4 rings (SSSR count). The zero-order valence-electron chi connectivity index (χ0n) is 11.8. The predicted octanol–water partition coefficient (Wildman–Crippen LogP) is 5.09. The fourth-order valence-electron chi connectivity index (χ4n) is 2.63. The third kappa shape index (κ3) is 2.12. The highest BCUT2D eigenvalue weighted by Crippen LogP contribution is 2.31. The Hall–Kier alpha value is -2.17. The maximum Gasteiger partial charge on any atom is 0.163 e. The Morgan fingerprint density at radius 1 is 1.05 bits per heavy atom. The summed E-state index contributed by atoms with van der Waals surface area (Å²) < 4.78 is 1.92. The number of hydrogen-bond acceptors (Lipinski definition) is 3. The summed E-state index contributed by atoms with van der Waals surface area (Å²) in [5, 5.41) is 9.61. The molecule has 5 heteroatoms. The fraction of sp³-hybridized carbons (Fsp3) is 0.0588. The van der Waals surface area contributed by atoms with E-state index in [1.807, 2.05) is 48.0 Å². The van der Waals surface area contributed by atoms with Crippen molar-refractivity contribution < 1.29 is 0 Å². The van der Waals surface area contributed by atoms with Crippen molar-refractivity contribution in [1.82, 2.24) is 14.6 Å². The van der Waals surface area contributed by atoms with E-state index in [0.717, 1.165) is 38.7 Å². The smallest absolute Gasteiger partial charge is 0.163 e. The summed E-state index contributed by atoms with van der Waals surface area (Å²) in [5.74, 6) is 0. The van der Waals surface area contributed by atoms with Crippen molar-refractivity contribution in [3.63, 3.8) is 0 Å². The number of nitrogens with zero attached hydrogens (tertiary/aromatic N) is 3. The number of rotatable bonds is 2. The fourth-order valence-corrected chi connectivity index (χ4v) is 3.41. The molecular weight excluding hydrogens is 314 g/mol. The van der Waals surface area contributed by atoms with Crippen LogP contribution in [0.4, 0.5) is 0 Å². The lowest BCUT2D eigenvalue weighted by atomic mass is 10.1. The van der Waals surface area contributed by atoms with Crippen LogP contribution in [0.25, 0.3) is 28.0 Å². The normalized spacial score (nSPS) is 11.2. The van der Waals surface area contributed by atoms with Crippen LogP contribution >= 0.6 is 22.9 Å². The molecule has 0 aliphatic rings. The summed E-state index contributed by atoms with van der Waals surface area (Å²) in [7, 11) is 0. The topological polar surface area (TPSA) is 30.2 Å². The summed E-state index contributed by atoms with van der Waals surface area (Å²) in [5.41, 5.74) is 6.15. The maximum atomic E-state index is 5.99. The van der Waals surface area contributed by atoms with Crippen molar-refractivity contribution in [3.8, 4) is 22.4 Å². The first-order valence-electron chi connectivity index (χ1n) is 6.87. The second kappa shape index (κ2) is 5.23. The van der Waals surface area contributed by atoms with Gasteiger partial charge in [0.05, 0.1) is 11.4 Å². The van der Waals surface area contributed by atoms with Crippen LogP contribution in [0.2, 0.25) is 5.02 Å². The van der Waals surface area contributed by atoms with Gasteiger partial charge in [-0.15, -0.1) is 0 Å². The van der Waals surface area contributed by atoms with Gasteiger partial charge in [0.25, 0.3) is 0 Å². The second-order valence-electron chi connectivity index (χ2n) is 5.04. The van der Waals surface area contributed by atoms with Gasteiger partial charge in [0.1, 0.15) is 0 Å². The Kier molecular flexibility index (Phi) is 3.21. The molecule has 0 fully saturated rings. The molecule has 0 aliphatic carbocycles. The zero-order valence-corrected chi connectivity index (χ0v) is 13.4. The third-order valence-electron chi connectivity index (χ3n) is 3.64. The Labute approximate surface area is 136 Å². The van der Waals surface area contributed by atoms with E-state index in [0.29, 0.717) is 0 Å². The highest BCUT2D eigenvalue weighted by molar-refractivity contribution is 7.08. The van der Waals surface area contributed by atoms with E-state index < -0.39 is 0 Å². The first kappa shape index (κ1) is 13.5. The molecule has 0 bridgehead atoms. The molecule has 4 aromatic rings. The van der Waals surface area contributed by atoms with E-state index in [1.54, 1.807) is 11.3 Å². The summed E-state index contributed by atoms with van der Waals surface area (Å²) in [4.78, 5) is 4.54. The van der Waals surface area contributed by atoms with Crippen molar-refractivity contribution in [2.75, 3.05) is 0 Å². The minimum absolute atomic E-state index is 0.727. The van der Waals surface area contributed by atoms with Gasteiger partial charge < -0.3 is 0 Å². The van der Waals surface area contributed by atoms with Crippen molar-refractivity contribution in [2.24, 2.45) is 0 Å². The Morgan fingerprint density at radius 2 is 1.86 bits per heavy atom. The maximum absolute atomic E-state index is 5.99. The summed E-state index contributed by atoms with van der Waals surface area (Å²) >= 11 is 7.66. The Balaban J connectivity index is 1.99. The van der Waals surface area contributed by atoms with Crippen LogP contribution < -0.4 is 0 Å². The lowest BCUT2D eigenvalue weighted by Crippen LogP contribution is -1.94. The van der Waals surface area contributed by atoms with E-state index in [2.05, 4.69) is 21.8 Å². The van der Waals surface area contributed by atoms with Crippen molar-refractivity contribution in [2.45, 2.75) is 6.92 Å². The molecule has 0 aliphatic heterocycles. The van der Waals surface area contributed by atoms with Gasteiger partial charge in [0.15, 0.2) is 5.65 Å². The molecule has 0 N–H and O–H groups in total. The summed E-state index contributed by atoms with van der Waals surface area (Å²) in [6.07, 6.45) is 1.84. The van der Waals surface area contributed by atoms with Crippen LogP contribution in [0.5, 0.6) is 0 Å². The van der Waals surface area contributed by atoms with Gasteiger partial charge in [-0.1, -0.05) is 23.7 Å². The van der Waals surface area contributed by atoms with Gasteiger partial charge in [-0.2, -0.15) is 16.4 Å². The van der Waals surface area contributed by atoms with E-state index in [9.17, 15) is 0 Å². The van der Waals surface area contributed by atoms with Gasteiger partial charge in [0, 0.05) is 27.7 Å². The van der Waals surface area contributed by atoms with Crippen LogP contribution in [-0.2, 0) is 0 Å². The first-order valence-corrected chi connectivity index (χ1v) is 8.19. The van der Waals surface area contributed by atoms with Crippen molar-refractivity contribution >= 4 is 28.6 Å². The van der Waals surface area contributed by atoms with Crippen LogP contribution in [0, 0.1) is 6.92 Å². The Bertz CT molecular complexity index is 940. The minimum atomic E-state index is 0.727. The molecule has 3 nitrogen and oxygen atoms in total. The van der Waals surface area contributed by atoms with E-state index >= 15 is 0 Å². The van der Waals surface area contributed by atoms with Gasteiger partial charge >= 0.3 is 0 Å². The predicted molar refractivity (Wildman–Crippen MR) is 91.5 cm³/mol. The van der Waals surface area contributed by atoms with E-state index in [-0.39, 0.29) is 0 Å². The standard InChI is InChI=1S/C17H12ClN3S/c1-11-16(12-2-4-14(18)5-3-12)17-19-8-6-15(21(17)20-11)13-7-9-22-10-13/h2-10H,1H3. The van der Waals surface area contributed by atoms with Crippen molar-refractivity contribution in [3.05, 3.63) is 64.1 Å². The molecule has 0 saturated heterocycles. The molecule has 22 heavy (non-hydrogen) atoms. The minimum Gasteiger partial charge on any atom is -0.236 e. The highest BCUT2D eigenvalue weighted by atomic mass is 35.5. The van der Waals surface area contributed by atoms with Crippen molar-refractivity contribution in [1.29, 1.82) is 0 Å². The number of halogens is 1. The SMILES string of the molecule is Cc1nn2c(-c3ccsc3)ccnc2c1-c1ccc(Cl)cc1. The number of hydrogen-bond donors (Lipinski definition) is 0. The Morgan fingerprint density at radius 3 is 2.59 bits per heavy atom. The molecule has 0 saturated carbocycles. The number of aryl methyl sites for hydroxylation is 1. The number of aromatic nitrogens is 3. The first-order chi connectivity index (χ1) is 10.7. The number of fused-ring (bicyclic) bond motifs is 1. The molecule has 0 amide bonds. The quantitative estimate of drug-likeness (QED) is 0.514. The summed E-state index contributed by atoms with van der Waals surface area (Å²) in [6.45, 7) is 2.01. The molecule has 3 heterocycles. The lowest BCUT2D eigenvalue weighted by molar-refractivity contribution is 0.925. The van der Waals surface area contributed by atoms with Gasteiger partial charge in [0.2, 0.25) is 0 Å². The lowest BCUT2D eigenvalue weighted by Gasteiger charge is -2.03. The molecule has 3 aromatic heterocycles. The number of thiophene rings is 1. The van der Waals surface area contributed by atoms with Crippen LogP contribution in [-0.4, -0.2) is 14.6 Å². The molecule has 108 valence electrons. The van der Waals surface area contributed by atoms with Gasteiger partial charge in [-0.25, -0.2) is 9.50 Å². The van der Waals surface area contributed by atoms with Crippen LogP contribution in [0.1, 0.15) is 5.69 Å².